The van der Waals surface area contributed by atoms with Crippen molar-refractivity contribution >= 4 is 37.5 Å². The van der Waals surface area contributed by atoms with E-state index < -0.39 is 31.6 Å². The number of carbonyl (C=O) groups is 3. The molecule has 2 aliphatic rings. The van der Waals surface area contributed by atoms with Crippen molar-refractivity contribution in [2.75, 3.05) is 29.9 Å². The minimum Gasteiger partial charge on any atom is -0.395 e. The highest BCUT2D eigenvalue weighted by atomic mass is 28.4. The van der Waals surface area contributed by atoms with E-state index in [4.69, 9.17) is 4.74 Å². The lowest BCUT2D eigenvalue weighted by atomic mass is 9.82. The zero-order chi connectivity index (χ0) is 37.6. The van der Waals surface area contributed by atoms with Crippen molar-refractivity contribution in [1.29, 1.82) is 0 Å². The van der Waals surface area contributed by atoms with Crippen molar-refractivity contribution in [3.05, 3.63) is 119 Å². The van der Waals surface area contributed by atoms with Crippen molar-refractivity contribution < 1.29 is 28.3 Å². The van der Waals surface area contributed by atoms with Crippen LogP contribution in [0.1, 0.15) is 68.4 Å². The minimum atomic E-state index is -3.56. The smallest absolute Gasteiger partial charge is 0.264 e. The lowest BCUT2D eigenvalue weighted by molar-refractivity contribution is -0.149. The number of allylic oxidation sites excluding steroid dienone is 3. The summed E-state index contributed by atoms with van der Waals surface area (Å²) in [6, 6.07) is 23.7. The van der Waals surface area contributed by atoms with Crippen LogP contribution in [0.25, 0.3) is 0 Å². The van der Waals surface area contributed by atoms with Gasteiger partial charge in [0.15, 0.2) is 5.60 Å². The molecule has 1 fully saturated rings. The Balaban J connectivity index is 1.52. The van der Waals surface area contributed by atoms with Crippen molar-refractivity contribution in [1.82, 2.24) is 4.90 Å². The van der Waals surface area contributed by atoms with Crippen LogP contribution in [0.2, 0.25) is 18.6 Å². The van der Waals surface area contributed by atoms with E-state index in [1.165, 1.54) is 5.57 Å². The van der Waals surface area contributed by atoms with Gasteiger partial charge in [0.05, 0.1) is 24.8 Å². The zero-order valence-corrected chi connectivity index (χ0v) is 32.2. The van der Waals surface area contributed by atoms with E-state index in [-0.39, 0.29) is 43.8 Å². The fourth-order valence-corrected chi connectivity index (χ4v) is 10.2. The van der Waals surface area contributed by atoms with E-state index in [0.29, 0.717) is 29.0 Å². The molecule has 5 rings (SSSR count). The van der Waals surface area contributed by atoms with Crippen LogP contribution < -0.4 is 10.2 Å². The standard InChI is InChI=1S/C42H52FN3O5Si/c1-29(2)14-13-15-30(3)22-23-46-36-21-20-34(44-40(49)33-18-11-8-12-19-33)26-35(36)42(41(46)50)31(4)39(52(5,6)43)37(51-42)27-38(48)45(24-25-47)28-32-16-9-7-10-17-32/h7-12,14,16-22,26,31,37,39,47H,13,15,23-25,27-28H2,1-6H3,(H,44,49)/b30-22+/t31-,37+,39-,42+/m1/s1. The monoisotopic (exact) mass is 725 g/mol. The Kier molecular flexibility index (Phi) is 12.3. The predicted octanol–water partition coefficient (Wildman–Crippen LogP) is 8.16. The molecule has 1 spiro atoms. The second-order valence-electron chi connectivity index (χ2n) is 14.8. The number of nitrogens with zero attached hydrogens (tertiary/aromatic N) is 2. The fourth-order valence-electron chi connectivity index (χ4n) is 7.75. The van der Waals surface area contributed by atoms with Crippen LogP contribution in [0.4, 0.5) is 15.5 Å². The molecule has 4 atom stereocenters. The molecule has 2 N–H and O–H groups in total. The molecule has 2 heterocycles. The molecule has 1 saturated heterocycles. The Morgan fingerprint density at radius 2 is 1.69 bits per heavy atom. The highest BCUT2D eigenvalue weighted by molar-refractivity contribution is 6.72. The maximum Gasteiger partial charge on any atom is 0.264 e. The number of hydrogen-bond donors (Lipinski definition) is 2. The summed E-state index contributed by atoms with van der Waals surface area (Å²) in [6.45, 7) is 11.7. The van der Waals surface area contributed by atoms with E-state index in [1.54, 1.807) is 59.3 Å². The molecule has 3 aromatic carbocycles. The van der Waals surface area contributed by atoms with E-state index in [9.17, 15) is 19.5 Å². The summed E-state index contributed by atoms with van der Waals surface area (Å²) in [4.78, 5) is 45.3. The number of ether oxygens (including phenoxy) is 1. The second kappa shape index (κ2) is 16.5. The molecule has 0 aliphatic carbocycles. The molecule has 0 aromatic heterocycles. The quantitative estimate of drug-likeness (QED) is 0.0993. The number of nitrogens with one attached hydrogen (secondary N) is 1. The average Bonchev–Trinajstić information content (AvgIpc) is 3.53. The Bertz CT molecular complexity index is 1800. The second-order valence-corrected chi connectivity index (χ2v) is 18.6. The largest absolute Gasteiger partial charge is 0.395 e. The Morgan fingerprint density at radius 3 is 2.33 bits per heavy atom. The Labute approximate surface area is 308 Å². The van der Waals surface area contributed by atoms with Gasteiger partial charge in [0.1, 0.15) is 0 Å². The first-order valence-corrected chi connectivity index (χ1v) is 21.1. The maximum atomic E-state index is 16.5. The van der Waals surface area contributed by atoms with Gasteiger partial charge in [-0.3, -0.25) is 14.4 Å². The first-order chi connectivity index (χ1) is 24.8. The number of fused-ring (bicyclic) bond motifs is 2. The molecular formula is C42H52FN3O5Si. The summed E-state index contributed by atoms with van der Waals surface area (Å²) in [7, 11) is -3.56. The summed E-state index contributed by atoms with van der Waals surface area (Å²) >= 11 is 0. The fraction of sp³-hybridized carbons (Fsp3) is 0.405. The third kappa shape index (κ3) is 8.46. The number of aliphatic hydroxyl groups is 1. The highest BCUT2D eigenvalue weighted by Gasteiger charge is 2.67. The number of carbonyl (C=O) groups excluding carboxylic acids is 3. The molecule has 0 radical (unpaired) electrons. The minimum absolute atomic E-state index is 0.113. The highest BCUT2D eigenvalue weighted by Crippen LogP contribution is 2.60. The molecule has 0 unspecified atom stereocenters. The van der Waals surface area contributed by atoms with E-state index >= 15 is 4.11 Å². The van der Waals surface area contributed by atoms with Gasteiger partial charge in [0, 0.05) is 47.9 Å². The van der Waals surface area contributed by atoms with Crippen molar-refractivity contribution in [3.8, 4) is 0 Å². The molecule has 3 aromatic rings. The van der Waals surface area contributed by atoms with Gasteiger partial charge in [-0.25, -0.2) is 0 Å². The van der Waals surface area contributed by atoms with Gasteiger partial charge in [0.2, 0.25) is 14.3 Å². The number of rotatable bonds is 14. The summed E-state index contributed by atoms with van der Waals surface area (Å²) < 4.78 is 23.4. The van der Waals surface area contributed by atoms with Gasteiger partial charge < -0.3 is 29.1 Å². The lowest BCUT2D eigenvalue weighted by Gasteiger charge is -2.31. The number of amides is 3. The number of halogens is 1. The first kappa shape index (κ1) is 38.8. The summed E-state index contributed by atoms with van der Waals surface area (Å²) in [5, 5.41) is 12.8. The van der Waals surface area contributed by atoms with Gasteiger partial charge in [-0.15, -0.1) is 0 Å². The number of aliphatic hydroxyl groups excluding tert-OH is 1. The molecule has 52 heavy (non-hydrogen) atoms. The van der Waals surface area contributed by atoms with Gasteiger partial charge >= 0.3 is 0 Å². The van der Waals surface area contributed by atoms with Crippen molar-refractivity contribution in [3.63, 3.8) is 0 Å². The topological polar surface area (TPSA) is 99.2 Å². The Morgan fingerprint density at radius 1 is 1.02 bits per heavy atom. The third-order valence-corrected chi connectivity index (χ3v) is 12.7. The summed E-state index contributed by atoms with van der Waals surface area (Å²) in [5.41, 5.74) is 3.20. The van der Waals surface area contributed by atoms with Crippen molar-refractivity contribution in [2.45, 2.75) is 83.8 Å². The van der Waals surface area contributed by atoms with Crippen LogP contribution in [-0.4, -0.2) is 61.9 Å². The molecule has 2 aliphatic heterocycles. The Hall–Kier alpha value is -4.38. The number of anilines is 2. The van der Waals surface area contributed by atoms with Crippen LogP contribution in [0.3, 0.4) is 0 Å². The normalized spacial score (nSPS) is 21.3. The van der Waals surface area contributed by atoms with E-state index in [2.05, 4.69) is 32.2 Å². The van der Waals surface area contributed by atoms with Crippen molar-refractivity contribution in [2.24, 2.45) is 5.92 Å². The van der Waals surface area contributed by atoms with E-state index in [1.807, 2.05) is 55.5 Å². The molecule has 8 nitrogen and oxygen atoms in total. The van der Waals surface area contributed by atoms with Crippen LogP contribution in [0.15, 0.2) is 102 Å². The molecular weight excluding hydrogens is 674 g/mol. The molecule has 276 valence electrons. The lowest BCUT2D eigenvalue weighted by Crippen LogP contribution is -2.45. The van der Waals surface area contributed by atoms with Gasteiger partial charge in [-0.05, 0) is 82.6 Å². The van der Waals surface area contributed by atoms with Crippen LogP contribution in [-0.2, 0) is 26.5 Å². The van der Waals surface area contributed by atoms with E-state index in [0.717, 1.165) is 24.0 Å². The molecule has 0 saturated carbocycles. The third-order valence-electron chi connectivity index (χ3n) is 10.3. The summed E-state index contributed by atoms with van der Waals surface area (Å²) in [6.07, 6.45) is 4.96. The average molecular weight is 726 g/mol. The number of benzene rings is 3. The predicted molar refractivity (Wildman–Crippen MR) is 207 cm³/mol. The number of hydrogen-bond acceptors (Lipinski definition) is 5. The molecule has 10 heteroatoms. The molecule has 3 amide bonds. The zero-order valence-electron chi connectivity index (χ0n) is 31.2. The maximum absolute atomic E-state index is 16.5. The van der Waals surface area contributed by atoms with Crippen LogP contribution in [0.5, 0.6) is 0 Å². The van der Waals surface area contributed by atoms with Crippen LogP contribution >= 0.6 is 0 Å². The first-order valence-electron chi connectivity index (χ1n) is 18.2. The molecule has 0 bridgehead atoms. The van der Waals surface area contributed by atoms with Gasteiger partial charge in [-0.1, -0.05) is 78.8 Å². The van der Waals surface area contributed by atoms with Crippen LogP contribution in [0, 0.1) is 5.92 Å². The van der Waals surface area contributed by atoms with Gasteiger partial charge in [0.25, 0.3) is 11.8 Å². The summed E-state index contributed by atoms with van der Waals surface area (Å²) in [5.74, 6) is -1.50. The van der Waals surface area contributed by atoms with Gasteiger partial charge in [-0.2, -0.15) is 0 Å². The SMILES string of the molecule is CC(C)=CCC/C(C)=C/CN1C(=O)[C@@]2(O[C@@H](CC(=O)N(CCO)Cc3ccccc3)[C@H]([Si](C)(C)F)[C@H]2C)c2cc(NC(=O)c3ccccc3)ccc21.